The van der Waals surface area contributed by atoms with Crippen LogP contribution >= 0.6 is 23.6 Å². The molecule has 4 nitrogen and oxygen atoms in total. The number of esters is 1. The van der Waals surface area contributed by atoms with Gasteiger partial charge < -0.3 is 15.0 Å². The average Bonchev–Trinajstić information content (AvgIpc) is 3.04. The molecule has 0 amide bonds. The van der Waals surface area contributed by atoms with Crippen molar-refractivity contribution in [2.45, 2.75) is 40.0 Å². The fraction of sp³-hybridized carbons (Fsp3) is 0.429. The van der Waals surface area contributed by atoms with E-state index in [0.29, 0.717) is 17.3 Å². The molecule has 1 N–H and O–H groups in total. The number of hydrogen-bond acceptors (Lipinski definition) is 4. The van der Waals surface area contributed by atoms with Gasteiger partial charge in [-0.05, 0) is 43.6 Å². The van der Waals surface area contributed by atoms with E-state index in [1.54, 1.807) is 11.3 Å². The van der Waals surface area contributed by atoms with Crippen molar-refractivity contribution in [2.24, 2.45) is 0 Å². The Labute approximate surface area is 171 Å². The van der Waals surface area contributed by atoms with Gasteiger partial charge in [0.25, 0.3) is 0 Å². The van der Waals surface area contributed by atoms with Gasteiger partial charge in [0.1, 0.15) is 5.00 Å². The summed E-state index contributed by atoms with van der Waals surface area (Å²) in [6.07, 6.45) is 2.83. The summed E-state index contributed by atoms with van der Waals surface area (Å²) in [5.41, 5.74) is 1.77. The first kappa shape index (κ1) is 21.4. The van der Waals surface area contributed by atoms with Gasteiger partial charge in [-0.15, -0.1) is 11.3 Å². The van der Waals surface area contributed by atoms with E-state index in [1.807, 2.05) is 31.2 Å². The van der Waals surface area contributed by atoms with Gasteiger partial charge >= 0.3 is 5.97 Å². The molecule has 1 heterocycles. The van der Waals surface area contributed by atoms with Gasteiger partial charge in [0.15, 0.2) is 5.11 Å². The zero-order valence-electron chi connectivity index (χ0n) is 16.3. The van der Waals surface area contributed by atoms with Crippen molar-refractivity contribution in [1.29, 1.82) is 0 Å². The van der Waals surface area contributed by atoms with Crippen LogP contribution in [-0.4, -0.2) is 35.7 Å². The van der Waals surface area contributed by atoms with E-state index in [1.165, 1.54) is 5.56 Å². The molecule has 0 aliphatic carbocycles. The number of nitrogens with zero attached hydrogens (tertiary/aromatic N) is 1. The Kier molecular flexibility index (Phi) is 8.75. The number of ether oxygens (including phenoxy) is 1. The van der Waals surface area contributed by atoms with E-state index in [4.69, 9.17) is 17.0 Å². The number of carbonyl (C=O) groups excluding carboxylic acids is 1. The van der Waals surface area contributed by atoms with E-state index in [2.05, 4.69) is 36.2 Å². The predicted octanol–water partition coefficient (Wildman–Crippen LogP) is 5.33. The number of thiocarbonyl (C=S) groups is 1. The SMILES string of the molecule is CCCN(CCC)C(=S)Nc1sc(Cc2ccccc2)cc1C(=O)OCC. The van der Waals surface area contributed by atoms with Crippen LogP contribution in [0.15, 0.2) is 36.4 Å². The molecule has 1 aromatic carbocycles. The largest absolute Gasteiger partial charge is 0.462 e. The van der Waals surface area contributed by atoms with Gasteiger partial charge in [-0.1, -0.05) is 44.2 Å². The van der Waals surface area contributed by atoms with E-state index in [0.717, 1.165) is 42.2 Å². The molecule has 2 aromatic rings. The smallest absolute Gasteiger partial charge is 0.341 e. The third kappa shape index (κ3) is 6.33. The van der Waals surface area contributed by atoms with Gasteiger partial charge in [0.05, 0.1) is 12.2 Å². The second kappa shape index (κ2) is 11.0. The summed E-state index contributed by atoms with van der Waals surface area (Å²) < 4.78 is 5.24. The van der Waals surface area contributed by atoms with Crippen LogP contribution in [0.4, 0.5) is 5.00 Å². The maximum absolute atomic E-state index is 12.4. The fourth-order valence-electron chi connectivity index (χ4n) is 2.81. The highest BCUT2D eigenvalue weighted by Crippen LogP contribution is 2.31. The van der Waals surface area contributed by atoms with Crippen LogP contribution in [0, 0.1) is 0 Å². The van der Waals surface area contributed by atoms with Crippen molar-refractivity contribution >= 4 is 39.6 Å². The molecule has 1 aromatic heterocycles. The van der Waals surface area contributed by atoms with Crippen molar-refractivity contribution in [3.8, 4) is 0 Å². The minimum atomic E-state index is -0.309. The zero-order chi connectivity index (χ0) is 19.6. The van der Waals surface area contributed by atoms with Crippen LogP contribution in [0.1, 0.15) is 54.4 Å². The van der Waals surface area contributed by atoms with Crippen molar-refractivity contribution in [2.75, 3.05) is 25.0 Å². The van der Waals surface area contributed by atoms with Crippen molar-refractivity contribution < 1.29 is 9.53 Å². The van der Waals surface area contributed by atoms with Crippen LogP contribution in [0.5, 0.6) is 0 Å². The Morgan fingerprint density at radius 1 is 1.15 bits per heavy atom. The number of anilines is 1. The van der Waals surface area contributed by atoms with Crippen molar-refractivity contribution in [3.63, 3.8) is 0 Å². The monoisotopic (exact) mass is 404 g/mol. The van der Waals surface area contributed by atoms with Crippen molar-refractivity contribution in [3.05, 3.63) is 52.4 Å². The lowest BCUT2D eigenvalue weighted by atomic mass is 10.1. The molecule has 0 bridgehead atoms. The van der Waals surface area contributed by atoms with Gasteiger partial charge in [0, 0.05) is 24.4 Å². The van der Waals surface area contributed by atoms with Gasteiger partial charge in [-0.2, -0.15) is 0 Å². The maximum atomic E-state index is 12.4. The average molecular weight is 405 g/mol. The lowest BCUT2D eigenvalue weighted by Gasteiger charge is -2.24. The van der Waals surface area contributed by atoms with Crippen LogP contribution in [-0.2, 0) is 11.2 Å². The Morgan fingerprint density at radius 3 is 2.41 bits per heavy atom. The molecule has 0 aliphatic heterocycles. The number of benzene rings is 1. The zero-order valence-corrected chi connectivity index (χ0v) is 17.9. The van der Waals surface area contributed by atoms with Gasteiger partial charge in [-0.3, -0.25) is 0 Å². The molecular formula is C21H28N2O2S2. The molecule has 0 atom stereocenters. The van der Waals surface area contributed by atoms with Crippen LogP contribution in [0.3, 0.4) is 0 Å². The van der Waals surface area contributed by atoms with Gasteiger partial charge in [-0.25, -0.2) is 4.79 Å². The topological polar surface area (TPSA) is 41.6 Å². The standard InChI is InChI=1S/C21H28N2O2S2/c1-4-12-23(13-5-2)21(26)22-19-18(20(24)25-6-3)15-17(27-19)14-16-10-8-7-9-11-16/h7-11,15H,4-6,12-14H2,1-3H3,(H,22,26). The molecule has 0 unspecified atom stereocenters. The fourth-order valence-corrected chi connectivity index (χ4v) is 4.24. The summed E-state index contributed by atoms with van der Waals surface area (Å²) in [7, 11) is 0. The second-order valence-corrected chi connectivity index (χ2v) is 7.78. The lowest BCUT2D eigenvalue weighted by Crippen LogP contribution is -2.36. The van der Waals surface area contributed by atoms with E-state index in [9.17, 15) is 4.79 Å². The molecule has 6 heteroatoms. The third-order valence-electron chi connectivity index (χ3n) is 3.99. The summed E-state index contributed by atoms with van der Waals surface area (Å²) in [4.78, 5) is 15.7. The highest BCUT2D eigenvalue weighted by atomic mass is 32.1. The highest BCUT2D eigenvalue weighted by Gasteiger charge is 2.19. The Hall–Kier alpha value is -1.92. The molecule has 27 heavy (non-hydrogen) atoms. The number of hydrogen-bond donors (Lipinski definition) is 1. The van der Waals surface area contributed by atoms with E-state index in [-0.39, 0.29) is 5.97 Å². The molecule has 0 spiro atoms. The molecular weight excluding hydrogens is 376 g/mol. The Balaban J connectivity index is 2.23. The van der Waals surface area contributed by atoms with E-state index < -0.39 is 0 Å². The molecule has 0 saturated carbocycles. The van der Waals surface area contributed by atoms with Crippen LogP contribution in [0.2, 0.25) is 0 Å². The summed E-state index contributed by atoms with van der Waals surface area (Å²) in [6.45, 7) is 8.24. The molecule has 0 saturated heterocycles. The molecule has 0 aliphatic rings. The summed E-state index contributed by atoms with van der Waals surface area (Å²) in [6, 6.07) is 12.2. The quantitative estimate of drug-likeness (QED) is 0.452. The summed E-state index contributed by atoms with van der Waals surface area (Å²) in [5.74, 6) is -0.309. The normalized spacial score (nSPS) is 10.5. The van der Waals surface area contributed by atoms with Crippen LogP contribution < -0.4 is 5.32 Å². The first-order chi connectivity index (χ1) is 13.1. The first-order valence-corrected chi connectivity index (χ1v) is 10.7. The minimum absolute atomic E-state index is 0.309. The van der Waals surface area contributed by atoms with E-state index >= 15 is 0 Å². The predicted molar refractivity (Wildman–Crippen MR) is 118 cm³/mol. The highest BCUT2D eigenvalue weighted by molar-refractivity contribution is 7.80. The third-order valence-corrected chi connectivity index (χ3v) is 5.41. The van der Waals surface area contributed by atoms with Crippen molar-refractivity contribution in [1.82, 2.24) is 4.90 Å². The molecule has 2 rings (SSSR count). The summed E-state index contributed by atoms with van der Waals surface area (Å²) >= 11 is 7.17. The molecule has 0 fully saturated rings. The Bertz CT molecular complexity index is 738. The maximum Gasteiger partial charge on any atom is 0.341 e. The van der Waals surface area contributed by atoms with Crippen LogP contribution in [0.25, 0.3) is 0 Å². The number of carbonyl (C=O) groups is 1. The Morgan fingerprint density at radius 2 is 1.81 bits per heavy atom. The first-order valence-electron chi connectivity index (χ1n) is 9.48. The molecule has 146 valence electrons. The minimum Gasteiger partial charge on any atom is -0.462 e. The van der Waals surface area contributed by atoms with Gasteiger partial charge in [0.2, 0.25) is 0 Å². The molecule has 0 radical (unpaired) electrons. The number of nitrogens with one attached hydrogen (secondary N) is 1. The second-order valence-electron chi connectivity index (χ2n) is 6.26. The summed E-state index contributed by atoms with van der Waals surface area (Å²) in [5, 5.41) is 4.73. The number of thiophene rings is 1. The number of rotatable bonds is 9. The lowest BCUT2D eigenvalue weighted by molar-refractivity contribution is 0.0528.